The van der Waals surface area contributed by atoms with Gasteiger partial charge in [0.25, 0.3) is 0 Å². The molecule has 19 heavy (non-hydrogen) atoms. The van der Waals surface area contributed by atoms with Gasteiger partial charge in [0.15, 0.2) is 0 Å². The predicted octanol–water partition coefficient (Wildman–Crippen LogP) is 3.56. The molecule has 1 heterocycles. The molecule has 0 aromatic carbocycles. The van der Waals surface area contributed by atoms with Crippen molar-refractivity contribution < 1.29 is 0 Å². The summed E-state index contributed by atoms with van der Waals surface area (Å²) in [6.45, 7) is 2.73. The van der Waals surface area contributed by atoms with E-state index in [-0.39, 0.29) is 0 Å². The quantitative estimate of drug-likeness (QED) is 0.789. The monoisotopic (exact) mass is 264 g/mol. The Morgan fingerprint density at radius 1 is 1.05 bits per heavy atom. The normalized spacial score (nSPS) is 29.5. The summed E-state index contributed by atoms with van der Waals surface area (Å²) in [5.74, 6) is 1.08. The first-order valence-electron chi connectivity index (χ1n) is 8.77. The molecule has 1 aliphatic heterocycles. The Labute approximate surface area is 119 Å². The molecule has 2 aliphatic carbocycles. The molecule has 2 saturated carbocycles. The van der Waals surface area contributed by atoms with Crippen molar-refractivity contribution in [2.24, 2.45) is 5.92 Å². The summed E-state index contributed by atoms with van der Waals surface area (Å²) < 4.78 is 0. The first-order chi connectivity index (χ1) is 9.35. The molecule has 0 amide bonds. The largest absolute Gasteiger partial charge is 0.315 e. The van der Waals surface area contributed by atoms with Crippen LogP contribution in [0, 0.1) is 5.92 Å². The number of piperidine rings is 1. The second kappa shape index (κ2) is 6.13. The van der Waals surface area contributed by atoms with Crippen molar-refractivity contribution in [2.45, 2.75) is 82.2 Å². The lowest BCUT2D eigenvalue weighted by molar-refractivity contribution is 0.0352. The maximum atomic E-state index is 3.72. The molecule has 2 nitrogen and oxygen atoms in total. The minimum Gasteiger partial charge on any atom is -0.315 e. The molecule has 3 rings (SSSR count). The van der Waals surface area contributed by atoms with Crippen LogP contribution in [0.1, 0.15) is 70.6 Å². The third kappa shape index (κ3) is 3.00. The molecule has 110 valence electrons. The first kappa shape index (κ1) is 13.9. The smallest absolute Gasteiger partial charge is 0.0362 e. The zero-order chi connectivity index (χ0) is 13.1. The lowest BCUT2D eigenvalue weighted by Crippen LogP contribution is -2.60. The molecular formula is C17H32N2. The van der Waals surface area contributed by atoms with Gasteiger partial charge in [0.1, 0.15) is 0 Å². The van der Waals surface area contributed by atoms with Gasteiger partial charge < -0.3 is 5.32 Å². The van der Waals surface area contributed by atoms with E-state index in [1.807, 2.05) is 0 Å². The van der Waals surface area contributed by atoms with Crippen LogP contribution in [0.15, 0.2) is 0 Å². The SMILES string of the molecule is CNC(CCC1CC1)C1(N2CCCCC2)CCCC1. The molecule has 1 saturated heterocycles. The van der Waals surface area contributed by atoms with E-state index >= 15 is 0 Å². The van der Waals surface area contributed by atoms with Gasteiger partial charge in [-0.05, 0) is 64.6 Å². The maximum Gasteiger partial charge on any atom is 0.0362 e. The Morgan fingerprint density at radius 3 is 2.32 bits per heavy atom. The number of hydrogen-bond acceptors (Lipinski definition) is 2. The van der Waals surface area contributed by atoms with Crippen molar-refractivity contribution in [1.29, 1.82) is 0 Å². The highest BCUT2D eigenvalue weighted by Gasteiger charge is 2.45. The molecular weight excluding hydrogens is 232 g/mol. The fourth-order valence-electron chi connectivity index (χ4n) is 4.70. The minimum atomic E-state index is 0.518. The Morgan fingerprint density at radius 2 is 1.74 bits per heavy atom. The van der Waals surface area contributed by atoms with Crippen molar-refractivity contribution in [2.75, 3.05) is 20.1 Å². The summed E-state index contributed by atoms with van der Waals surface area (Å²) >= 11 is 0. The third-order valence-electron chi connectivity index (χ3n) is 6.01. The van der Waals surface area contributed by atoms with E-state index < -0.39 is 0 Å². The van der Waals surface area contributed by atoms with Gasteiger partial charge in [-0.2, -0.15) is 0 Å². The van der Waals surface area contributed by atoms with Crippen molar-refractivity contribution in [3.63, 3.8) is 0 Å². The second-order valence-electron chi connectivity index (χ2n) is 7.22. The molecule has 0 bridgehead atoms. The van der Waals surface area contributed by atoms with Crippen molar-refractivity contribution in [3.05, 3.63) is 0 Å². The molecule has 0 aromatic heterocycles. The second-order valence-corrected chi connectivity index (χ2v) is 7.22. The summed E-state index contributed by atoms with van der Waals surface area (Å²) in [5.41, 5.74) is 0.518. The minimum absolute atomic E-state index is 0.518. The van der Waals surface area contributed by atoms with Crippen LogP contribution in [0.2, 0.25) is 0 Å². The molecule has 2 heteroatoms. The summed E-state index contributed by atoms with van der Waals surface area (Å²) in [6, 6.07) is 0.744. The fourth-order valence-corrected chi connectivity index (χ4v) is 4.70. The molecule has 0 radical (unpaired) electrons. The van der Waals surface area contributed by atoms with Crippen molar-refractivity contribution >= 4 is 0 Å². The number of hydrogen-bond donors (Lipinski definition) is 1. The van der Waals surface area contributed by atoms with Crippen LogP contribution in [-0.4, -0.2) is 36.6 Å². The standard InChI is InChI=1S/C17H32N2/c1-18-16(10-9-15-7-8-15)17(11-3-4-12-17)19-13-5-2-6-14-19/h15-16,18H,2-14H2,1H3. The average Bonchev–Trinajstić information content (AvgIpc) is 3.16. The van der Waals surface area contributed by atoms with Crippen LogP contribution in [0.4, 0.5) is 0 Å². The van der Waals surface area contributed by atoms with E-state index in [0.29, 0.717) is 5.54 Å². The van der Waals surface area contributed by atoms with E-state index in [1.165, 1.54) is 83.7 Å². The third-order valence-corrected chi connectivity index (χ3v) is 6.01. The highest BCUT2D eigenvalue weighted by atomic mass is 15.2. The van der Waals surface area contributed by atoms with Gasteiger partial charge in [-0.3, -0.25) is 4.90 Å². The Kier molecular flexibility index (Phi) is 4.48. The number of nitrogens with zero attached hydrogens (tertiary/aromatic N) is 1. The van der Waals surface area contributed by atoms with Gasteiger partial charge in [0.2, 0.25) is 0 Å². The Balaban J connectivity index is 1.68. The number of rotatable bonds is 6. The van der Waals surface area contributed by atoms with Gasteiger partial charge in [-0.25, -0.2) is 0 Å². The van der Waals surface area contributed by atoms with Gasteiger partial charge in [-0.1, -0.05) is 32.1 Å². The number of nitrogens with one attached hydrogen (secondary N) is 1. The lowest BCUT2D eigenvalue weighted by atomic mass is 9.82. The van der Waals surface area contributed by atoms with Crippen LogP contribution in [0.3, 0.4) is 0 Å². The number of likely N-dealkylation sites (N-methyl/N-ethyl adjacent to an activating group) is 1. The average molecular weight is 264 g/mol. The van der Waals surface area contributed by atoms with Gasteiger partial charge in [-0.15, -0.1) is 0 Å². The molecule has 1 N–H and O–H groups in total. The molecule has 0 spiro atoms. The van der Waals surface area contributed by atoms with E-state index in [9.17, 15) is 0 Å². The predicted molar refractivity (Wildman–Crippen MR) is 81.4 cm³/mol. The van der Waals surface area contributed by atoms with Crippen molar-refractivity contribution in [3.8, 4) is 0 Å². The molecule has 0 aromatic rings. The summed E-state index contributed by atoms with van der Waals surface area (Å²) in [7, 11) is 2.21. The van der Waals surface area contributed by atoms with Crippen LogP contribution in [-0.2, 0) is 0 Å². The van der Waals surface area contributed by atoms with Crippen LogP contribution < -0.4 is 5.32 Å². The zero-order valence-corrected chi connectivity index (χ0v) is 12.8. The van der Waals surface area contributed by atoms with Crippen molar-refractivity contribution in [1.82, 2.24) is 10.2 Å². The van der Waals surface area contributed by atoms with Crippen LogP contribution in [0.5, 0.6) is 0 Å². The molecule has 3 aliphatic rings. The maximum absolute atomic E-state index is 3.72. The fraction of sp³-hybridized carbons (Fsp3) is 1.00. The zero-order valence-electron chi connectivity index (χ0n) is 12.8. The molecule has 3 fully saturated rings. The van der Waals surface area contributed by atoms with E-state index in [2.05, 4.69) is 17.3 Å². The lowest BCUT2D eigenvalue weighted by Gasteiger charge is -2.48. The Hall–Kier alpha value is -0.0800. The van der Waals surface area contributed by atoms with Crippen LogP contribution in [0.25, 0.3) is 0 Å². The topological polar surface area (TPSA) is 15.3 Å². The Bertz CT molecular complexity index is 273. The van der Waals surface area contributed by atoms with Crippen LogP contribution >= 0.6 is 0 Å². The van der Waals surface area contributed by atoms with E-state index in [1.54, 1.807) is 0 Å². The first-order valence-corrected chi connectivity index (χ1v) is 8.77. The summed E-state index contributed by atoms with van der Waals surface area (Å²) in [5, 5.41) is 3.72. The summed E-state index contributed by atoms with van der Waals surface area (Å²) in [6.07, 6.45) is 16.0. The van der Waals surface area contributed by atoms with Gasteiger partial charge in [0.05, 0.1) is 0 Å². The van der Waals surface area contributed by atoms with E-state index in [0.717, 1.165) is 12.0 Å². The number of likely N-dealkylation sites (tertiary alicyclic amines) is 1. The highest BCUT2D eigenvalue weighted by molar-refractivity contribution is 5.04. The van der Waals surface area contributed by atoms with Gasteiger partial charge in [0, 0.05) is 11.6 Å². The molecule has 1 unspecified atom stereocenters. The molecule has 1 atom stereocenters. The van der Waals surface area contributed by atoms with Gasteiger partial charge >= 0.3 is 0 Å². The highest BCUT2D eigenvalue weighted by Crippen LogP contribution is 2.42. The van der Waals surface area contributed by atoms with E-state index in [4.69, 9.17) is 0 Å². The summed E-state index contributed by atoms with van der Waals surface area (Å²) in [4.78, 5) is 2.89.